The third-order valence-electron chi connectivity index (χ3n) is 6.11. The molecule has 1 saturated heterocycles. The molecular formula is C25H28N6OS2. The first-order valence-electron chi connectivity index (χ1n) is 11.4. The summed E-state index contributed by atoms with van der Waals surface area (Å²) in [6.07, 6.45) is 5.66. The van der Waals surface area contributed by atoms with Crippen LogP contribution < -0.4 is 5.32 Å². The SMILES string of the molecule is CN1CCSCC1.O=CN1CC=C(c2cc3c(Nc4ccc5ncsc5c4)ccnc3[nH]2)CC1. The third kappa shape index (κ3) is 5.27. The lowest BCUT2D eigenvalue weighted by Crippen LogP contribution is -2.28. The number of thiazole rings is 1. The number of nitrogens with zero attached hydrogens (tertiary/aromatic N) is 4. The van der Waals surface area contributed by atoms with Crippen LogP contribution in [0.4, 0.5) is 11.4 Å². The van der Waals surface area contributed by atoms with Gasteiger partial charge in [-0.1, -0.05) is 6.08 Å². The Labute approximate surface area is 207 Å². The first-order valence-corrected chi connectivity index (χ1v) is 13.5. The van der Waals surface area contributed by atoms with Crippen molar-refractivity contribution >= 4 is 67.7 Å². The molecule has 0 spiro atoms. The molecule has 0 aliphatic carbocycles. The van der Waals surface area contributed by atoms with Gasteiger partial charge in [0.2, 0.25) is 6.41 Å². The Balaban J connectivity index is 0.000000297. The van der Waals surface area contributed by atoms with Crippen LogP contribution in [0.1, 0.15) is 12.1 Å². The fraction of sp³-hybridized carbons (Fsp3) is 0.320. The number of aromatic nitrogens is 3. The molecule has 2 aliphatic heterocycles. The average Bonchev–Trinajstić information content (AvgIpc) is 3.52. The number of aromatic amines is 1. The number of hydrogen-bond acceptors (Lipinski definition) is 7. The van der Waals surface area contributed by atoms with E-state index in [-0.39, 0.29) is 0 Å². The van der Waals surface area contributed by atoms with Gasteiger partial charge in [0.05, 0.1) is 21.4 Å². The van der Waals surface area contributed by atoms with Gasteiger partial charge in [-0.2, -0.15) is 11.8 Å². The van der Waals surface area contributed by atoms with Gasteiger partial charge in [0, 0.05) is 60.6 Å². The molecule has 2 N–H and O–H groups in total. The molecule has 0 atom stereocenters. The molecule has 1 amide bonds. The number of fused-ring (bicyclic) bond motifs is 2. The fourth-order valence-corrected chi connectivity index (χ4v) is 5.88. The number of nitrogens with one attached hydrogen (secondary N) is 2. The van der Waals surface area contributed by atoms with E-state index < -0.39 is 0 Å². The number of pyridine rings is 1. The molecule has 1 aromatic carbocycles. The standard InChI is InChI=1S/C20H17N5OS.C5H11NS/c26-12-25-7-4-13(5-8-25)18-10-15-16(3-6-21-20(15)24-18)23-14-1-2-17-19(9-14)27-11-22-17;1-6-2-4-7-5-3-6/h1-4,6,9-12H,5,7-8H2,(H2,21,23,24);2-5H2,1H3. The molecule has 34 heavy (non-hydrogen) atoms. The van der Waals surface area contributed by atoms with E-state index in [0.717, 1.165) is 57.7 Å². The minimum absolute atomic E-state index is 0.654. The van der Waals surface area contributed by atoms with E-state index in [1.54, 1.807) is 22.4 Å². The second-order valence-electron chi connectivity index (χ2n) is 8.46. The van der Waals surface area contributed by atoms with Crippen LogP contribution in [-0.2, 0) is 4.79 Å². The lowest BCUT2D eigenvalue weighted by Gasteiger charge is -2.21. The van der Waals surface area contributed by atoms with Gasteiger partial charge in [0.1, 0.15) is 5.65 Å². The van der Waals surface area contributed by atoms with Crippen molar-refractivity contribution < 1.29 is 4.79 Å². The number of benzene rings is 1. The number of carbonyl (C=O) groups excluding carboxylic acids is 1. The van der Waals surface area contributed by atoms with E-state index in [9.17, 15) is 4.79 Å². The number of rotatable bonds is 4. The van der Waals surface area contributed by atoms with E-state index in [0.29, 0.717) is 6.54 Å². The van der Waals surface area contributed by atoms with Crippen LogP contribution in [0.3, 0.4) is 0 Å². The highest BCUT2D eigenvalue weighted by Gasteiger charge is 2.15. The van der Waals surface area contributed by atoms with E-state index in [1.807, 2.05) is 23.7 Å². The summed E-state index contributed by atoms with van der Waals surface area (Å²) in [5.74, 6) is 2.66. The summed E-state index contributed by atoms with van der Waals surface area (Å²) in [6, 6.07) is 10.3. The molecule has 0 bridgehead atoms. The maximum absolute atomic E-state index is 10.9. The predicted molar refractivity (Wildman–Crippen MR) is 144 cm³/mol. The Morgan fingerprint density at radius 2 is 2.00 bits per heavy atom. The number of anilines is 2. The Bertz CT molecular complexity index is 1310. The maximum atomic E-state index is 10.9. The van der Waals surface area contributed by atoms with Crippen molar-refractivity contribution in [3.05, 3.63) is 53.8 Å². The summed E-state index contributed by atoms with van der Waals surface area (Å²) in [6.45, 7) is 3.97. The van der Waals surface area contributed by atoms with Crippen molar-refractivity contribution in [3.63, 3.8) is 0 Å². The molecule has 7 nitrogen and oxygen atoms in total. The number of hydrogen-bond donors (Lipinski definition) is 2. The predicted octanol–water partition coefficient (Wildman–Crippen LogP) is 4.83. The van der Waals surface area contributed by atoms with Crippen LogP contribution in [-0.4, -0.2) is 75.9 Å². The molecule has 0 unspecified atom stereocenters. The summed E-state index contributed by atoms with van der Waals surface area (Å²) in [7, 11) is 2.18. The molecule has 5 heterocycles. The number of thioether (sulfide) groups is 1. The molecule has 3 aromatic heterocycles. The fourth-order valence-electron chi connectivity index (χ4n) is 4.08. The van der Waals surface area contributed by atoms with E-state index in [2.05, 4.69) is 62.2 Å². The molecule has 9 heteroatoms. The van der Waals surface area contributed by atoms with Crippen LogP contribution >= 0.6 is 23.1 Å². The van der Waals surface area contributed by atoms with Crippen LogP contribution in [0, 0.1) is 0 Å². The van der Waals surface area contributed by atoms with Gasteiger partial charge in [0.15, 0.2) is 0 Å². The highest BCUT2D eigenvalue weighted by molar-refractivity contribution is 7.99. The third-order valence-corrected chi connectivity index (χ3v) is 7.85. The van der Waals surface area contributed by atoms with Gasteiger partial charge < -0.3 is 20.1 Å². The minimum Gasteiger partial charge on any atom is -0.355 e. The molecule has 6 rings (SSSR count). The monoisotopic (exact) mass is 492 g/mol. The topological polar surface area (TPSA) is 77.2 Å². The zero-order valence-corrected chi connectivity index (χ0v) is 20.8. The lowest BCUT2D eigenvalue weighted by molar-refractivity contribution is -0.117. The Morgan fingerprint density at radius 3 is 2.74 bits per heavy atom. The average molecular weight is 493 g/mol. The molecular weight excluding hydrogens is 464 g/mol. The molecule has 2 aliphatic rings. The maximum Gasteiger partial charge on any atom is 0.209 e. The summed E-state index contributed by atoms with van der Waals surface area (Å²) in [5, 5.41) is 4.56. The molecule has 0 radical (unpaired) electrons. The first kappa shape index (κ1) is 22.9. The summed E-state index contributed by atoms with van der Waals surface area (Å²) in [5.41, 5.74) is 8.06. The van der Waals surface area contributed by atoms with Crippen LogP contribution in [0.5, 0.6) is 0 Å². The van der Waals surface area contributed by atoms with Crippen LogP contribution in [0.15, 0.2) is 48.1 Å². The zero-order valence-electron chi connectivity index (χ0n) is 19.2. The van der Waals surface area contributed by atoms with Gasteiger partial charge in [-0.15, -0.1) is 11.3 Å². The Hall–Kier alpha value is -2.88. The first-order chi connectivity index (χ1) is 16.7. The van der Waals surface area contributed by atoms with Crippen molar-refractivity contribution in [2.24, 2.45) is 0 Å². The van der Waals surface area contributed by atoms with Crippen molar-refractivity contribution in [1.82, 2.24) is 24.8 Å². The minimum atomic E-state index is 0.654. The lowest BCUT2D eigenvalue weighted by atomic mass is 10.1. The molecule has 4 aromatic rings. The number of amides is 1. The number of H-pyrrole nitrogens is 1. The quantitative estimate of drug-likeness (QED) is 0.398. The van der Waals surface area contributed by atoms with Crippen LogP contribution in [0.25, 0.3) is 26.8 Å². The normalized spacial score (nSPS) is 16.7. The van der Waals surface area contributed by atoms with Gasteiger partial charge >= 0.3 is 0 Å². The highest BCUT2D eigenvalue weighted by Crippen LogP contribution is 2.31. The van der Waals surface area contributed by atoms with E-state index in [4.69, 9.17) is 0 Å². The number of carbonyl (C=O) groups is 1. The van der Waals surface area contributed by atoms with Gasteiger partial charge in [-0.25, -0.2) is 9.97 Å². The summed E-state index contributed by atoms with van der Waals surface area (Å²) in [4.78, 5) is 27.3. The highest BCUT2D eigenvalue weighted by atomic mass is 32.2. The van der Waals surface area contributed by atoms with Crippen molar-refractivity contribution in [1.29, 1.82) is 0 Å². The smallest absolute Gasteiger partial charge is 0.209 e. The van der Waals surface area contributed by atoms with Gasteiger partial charge in [-0.05, 0) is 49.4 Å². The summed E-state index contributed by atoms with van der Waals surface area (Å²) >= 11 is 3.69. The Kier molecular flexibility index (Phi) is 7.13. The van der Waals surface area contributed by atoms with Crippen LogP contribution in [0.2, 0.25) is 0 Å². The molecule has 176 valence electrons. The van der Waals surface area contributed by atoms with E-state index in [1.165, 1.54) is 30.2 Å². The van der Waals surface area contributed by atoms with Crippen molar-refractivity contribution in [2.45, 2.75) is 6.42 Å². The van der Waals surface area contributed by atoms with Crippen molar-refractivity contribution in [3.8, 4) is 0 Å². The van der Waals surface area contributed by atoms with Gasteiger partial charge in [-0.3, -0.25) is 4.79 Å². The van der Waals surface area contributed by atoms with E-state index >= 15 is 0 Å². The van der Waals surface area contributed by atoms with Gasteiger partial charge in [0.25, 0.3) is 0 Å². The molecule has 1 fully saturated rings. The Morgan fingerprint density at radius 1 is 1.12 bits per heavy atom. The second-order valence-corrected chi connectivity index (χ2v) is 10.6. The van der Waals surface area contributed by atoms with Crippen molar-refractivity contribution in [2.75, 3.05) is 50.0 Å². The zero-order chi connectivity index (χ0) is 23.3. The summed E-state index contributed by atoms with van der Waals surface area (Å²) < 4.78 is 1.16. The largest absolute Gasteiger partial charge is 0.355 e. The molecule has 0 saturated carbocycles. The second kappa shape index (κ2) is 10.6.